The molecular formula is C14H17FN2O. The number of aryl methyl sites for hydroxylation is 1. The fourth-order valence-corrected chi connectivity index (χ4v) is 1.91. The van der Waals surface area contributed by atoms with E-state index in [1.54, 1.807) is 6.07 Å². The lowest BCUT2D eigenvalue weighted by Crippen LogP contribution is -2.29. The maximum atomic E-state index is 13.1. The summed E-state index contributed by atoms with van der Waals surface area (Å²) in [5.41, 5.74) is 3.59. The van der Waals surface area contributed by atoms with Crippen molar-refractivity contribution in [2.24, 2.45) is 5.84 Å². The number of hydrogen-bond donors (Lipinski definition) is 2. The number of nitrogens with one attached hydrogen (secondary N) is 1. The van der Waals surface area contributed by atoms with Gasteiger partial charge in [0.15, 0.2) is 0 Å². The second-order valence-electron chi connectivity index (χ2n) is 4.21. The first-order chi connectivity index (χ1) is 8.72. The second kappa shape index (κ2) is 5.80. The van der Waals surface area contributed by atoms with Crippen LogP contribution in [-0.4, -0.2) is 0 Å². The van der Waals surface area contributed by atoms with E-state index in [0.717, 1.165) is 23.5 Å². The first kappa shape index (κ1) is 12.8. The molecule has 3 nitrogen and oxygen atoms in total. The van der Waals surface area contributed by atoms with E-state index in [-0.39, 0.29) is 11.9 Å². The van der Waals surface area contributed by atoms with Crippen LogP contribution in [0.5, 0.6) is 0 Å². The van der Waals surface area contributed by atoms with Crippen LogP contribution in [0.25, 0.3) is 0 Å². The van der Waals surface area contributed by atoms with Crippen LogP contribution >= 0.6 is 0 Å². The second-order valence-corrected chi connectivity index (χ2v) is 4.21. The summed E-state index contributed by atoms with van der Waals surface area (Å²) in [5.74, 6) is 7.00. The van der Waals surface area contributed by atoms with E-state index in [0.29, 0.717) is 6.42 Å². The number of hydrogen-bond acceptors (Lipinski definition) is 3. The Hall–Kier alpha value is -1.65. The van der Waals surface area contributed by atoms with E-state index < -0.39 is 0 Å². The lowest BCUT2D eigenvalue weighted by Gasteiger charge is -2.13. The first-order valence-electron chi connectivity index (χ1n) is 6.02. The number of furan rings is 1. The lowest BCUT2D eigenvalue weighted by atomic mass is 10.0. The van der Waals surface area contributed by atoms with Crippen molar-refractivity contribution in [3.05, 3.63) is 59.3 Å². The van der Waals surface area contributed by atoms with Gasteiger partial charge in [-0.05, 0) is 36.2 Å². The molecule has 3 N–H and O–H groups in total. The smallest absolute Gasteiger partial charge is 0.123 e. The van der Waals surface area contributed by atoms with Gasteiger partial charge in [-0.1, -0.05) is 19.1 Å². The Morgan fingerprint density at radius 3 is 2.78 bits per heavy atom. The highest BCUT2D eigenvalue weighted by atomic mass is 19.1. The summed E-state index contributed by atoms with van der Waals surface area (Å²) in [6, 6.07) is 10.2. The molecule has 0 radical (unpaired) electrons. The Morgan fingerprint density at radius 2 is 2.17 bits per heavy atom. The molecule has 0 spiro atoms. The maximum Gasteiger partial charge on any atom is 0.123 e. The van der Waals surface area contributed by atoms with Crippen molar-refractivity contribution < 1.29 is 8.81 Å². The summed E-state index contributed by atoms with van der Waals surface area (Å²) in [6.45, 7) is 2.03. The largest absolute Gasteiger partial charge is 0.464 e. The van der Waals surface area contributed by atoms with Crippen molar-refractivity contribution in [1.29, 1.82) is 0 Å². The zero-order chi connectivity index (χ0) is 13.0. The van der Waals surface area contributed by atoms with Crippen LogP contribution in [0.4, 0.5) is 4.39 Å². The topological polar surface area (TPSA) is 51.2 Å². The third-order valence-electron chi connectivity index (χ3n) is 2.90. The van der Waals surface area contributed by atoms with Crippen LogP contribution in [0.2, 0.25) is 0 Å². The average molecular weight is 248 g/mol. The van der Waals surface area contributed by atoms with Gasteiger partial charge in [-0.25, -0.2) is 9.82 Å². The summed E-state index contributed by atoms with van der Waals surface area (Å²) >= 11 is 0. The van der Waals surface area contributed by atoms with Crippen LogP contribution in [0.1, 0.15) is 30.0 Å². The number of halogens is 1. The number of nitrogens with two attached hydrogens (primary N) is 1. The molecule has 96 valence electrons. The van der Waals surface area contributed by atoms with Gasteiger partial charge in [0.25, 0.3) is 0 Å². The molecule has 1 aromatic heterocycles. The Morgan fingerprint density at radius 1 is 1.33 bits per heavy atom. The molecule has 0 saturated carbocycles. The monoisotopic (exact) mass is 248 g/mol. The van der Waals surface area contributed by atoms with Crippen LogP contribution in [-0.2, 0) is 12.8 Å². The molecule has 0 aliphatic carbocycles. The van der Waals surface area contributed by atoms with Crippen molar-refractivity contribution in [3.63, 3.8) is 0 Å². The van der Waals surface area contributed by atoms with Crippen molar-refractivity contribution in [2.75, 3.05) is 0 Å². The Bertz CT molecular complexity index is 510. The van der Waals surface area contributed by atoms with Crippen molar-refractivity contribution in [2.45, 2.75) is 25.8 Å². The van der Waals surface area contributed by atoms with E-state index in [4.69, 9.17) is 10.3 Å². The maximum absolute atomic E-state index is 13.1. The predicted octanol–water partition coefficient (Wildman–Crippen LogP) is 2.73. The van der Waals surface area contributed by atoms with Crippen LogP contribution in [0, 0.1) is 5.82 Å². The van der Waals surface area contributed by atoms with E-state index in [1.165, 1.54) is 12.1 Å². The molecule has 4 heteroatoms. The van der Waals surface area contributed by atoms with Gasteiger partial charge in [-0.3, -0.25) is 5.84 Å². The molecule has 1 aromatic carbocycles. The standard InChI is InChI=1S/C14H17FN2O/c1-2-12-6-7-14(18-12)13(17-16)9-10-4-3-5-11(15)8-10/h3-8,13,17H,2,9,16H2,1H3. The van der Waals surface area contributed by atoms with Gasteiger partial charge in [-0.2, -0.15) is 0 Å². The van der Waals surface area contributed by atoms with Gasteiger partial charge in [0.1, 0.15) is 17.3 Å². The highest BCUT2D eigenvalue weighted by Crippen LogP contribution is 2.21. The van der Waals surface area contributed by atoms with Gasteiger partial charge in [-0.15, -0.1) is 0 Å². The fourth-order valence-electron chi connectivity index (χ4n) is 1.91. The normalized spacial score (nSPS) is 12.6. The number of hydrazine groups is 1. The Kier molecular flexibility index (Phi) is 4.12. The number of rotatable bonds is 5. The summed E-state index contributed by atoms with van der Waals surface area (Å²) in [4.78, 5) is 0. The third-order valence-corrected chi connectivity index (χ3v) is 2.90. The van der Waals surface area contributed by atoms with Crippen LogP contribution in [0.15, 0.2) is 40.8 Å². The molecule has 0 aliphatic rings. The van der Waals surface area contributed by atoms with Gasteiger partial charge < -0.3 is 4.42 Å². The molecule has 1 atom stereocenters. The highest BCUT2D eigenvalue weighted by molar-refractivity contribution is 5.20. The molecule has 1 unspecified atom stereocenters. The van der Waals surface area contributed by atoms with E-state index in [9.17, 15) is 4.39 Å². The summed E-state index contributed by atoms with van der Waals surface area (Å²) < 4.78 is 18.8. The van der Waals surface area contributed by atoms with E-state index in [1.807, 2.05) is 25.1 Å². The molecule has 2 aromatic rings. The van der Waals surface area contributed by atoms with E-state index in [2.05, 4.69) is 5.43 Å². The first-order valence-corrected chi connectivity index (χ1v) is 6.02. The lowest BCUT2D eigenvalue weighted by molar-refractivity contribution is 0.396. The highest BCUT2D eigenvalue weighted by Gasteiger charge is 2.14. The fraction of sp³-hybridized carbons (Fsp3) is 0.286. The summed E-state index contributed by atoms with van der Waals surface area (Å²) in [6.07, 6.45) is 1.43. The van der Waals surface area contributed by atoms with Crippen molar-refractivity contribution >= 4 is 0 Å². The molecule has 0 saturated heterocycles. The molecule has 1 heterocycles. The molecule has 0 aliphatic heterocycles. The SMILES string of the molecule is CCc1ccc(C(Cc2cccc(F)c2)NN)o1. The molecule has 0 amide bonds. The van der Waals surface area contributed by atoms with Crippen LogP contribution < -0.4 is 11.3 Å². The van der Waals surface area contributed by atoms with Crippen molar-refractivity contribution in [3.8, 4) is 0 Å². The average Bonchev–Trinajstić information content (AvgIpc) is 2.84. The molecular weight excluding hydrogens is 231 g/mol. The van der Waals surface area contributed by atoms with Crippen molar-refractivity contribution in [1.82, 2.24) is 5.43 Å². The zero-order valence-corrected chi connectivity index (χ0v) is 10.3. The summed E-state index contributed by atoms with van der Waals surface area (Å²) in [7, 11) is 0. The van der Waals surface area contributed by atoms with Gasteiger partial charge in [0.2, 0.25) is 0 Å². The van der Waals surface area contributed by atoms with E-state index >= 15 is 0 Å². The molecule has 0 fully saturated rings. The minimum Gasteiger partial charge on any atom is -0.464 e. The molecule has 2 rings (SSSR count). The molecule has 0 bridgehead atoms. The Labute approximate surface area is 106 Å². The Balaban J connectivity index is 2.14. The minimum absolute atomic E-state index is 0.146. The van der Waals surface area contributed by atoms with Gasteiger partial charge in [0.05, 0.1) is 6.04 Å². The molecule has 18 heavy (non-hydrogen) atoms. The summed E-state index contributed by atoms with van der Waals surface area (Å²) in [5, 5.41) is 0. The number of benzene rings is 1. The third kappa shape index (κ3) is 2.97. The quantitative estimate of drug-likeness (QED) is 0.632. The van der Waals surface area contributed by atoms with Gasteiger partial charge in [0, 0.05) is 6.42 Å². The van der Waals surface area contributed by atoms with Crippen LogP contribution in [0.3, 0.4) is 0 Å². The zero-order valence-electron chi connectivity index (χ0n) is 10.3. The minimum atomic E-state index is -0.239. The predicted molar refractivity (Wildman–Crippen MR) is 68.3 cm³/mol. The van der Waals surface area contributed by atoms with Gasteiger partial charge >= 0.3 is 0 Å².